The van der Waals surface area contributed by atoms with Crippen LogP contribution in [0.2, 0.25) is 0 Å². The first kappa shape index (κ1) is 12.2. The Morgan fingerprint density at radius 3 is 2.78 bits per heavy atom. The Labute approximate surface area is 107 Å². The van der Waals surface area contributed by atoms with E-state index in [0.29, 0.717) is 16.7 Å². The summed E-state index contributed by atoms with van der Waals surface area (Å²) in [5.41, 5.74) is 1.14. The molecule has 1 aromatic rings. The Bertz CT molecular complexity index is 695. The molecule has 2 rings (SSSR count). The van der Waals surface area contributed by atoms with Crippen LogP contribution in [0.4, 0.5) is 4.39 Å². The zero-order valence-electron chi connectivity index (χ0n) is 9.67. The number of halogens is 1. The van der Waals surface area contributed by atoms with Crippen LogP contribution in [0.1, 0.15) is 27.7 Å². The van der Waals surface area contributed by atoms with E-state index in [4.69, 9.17) is 11.8 Å². The van der Waals surface area contributed by atoms with Crippen molar-refractivity contribution in [3.05, 3.63) is 49.9 Å². The minimum absolute atomic E-state index is 0.170. The predicted molar refractivity (Wildman–Crippen MR) is 66.2 cm³/mol. The van der Waals surface area contributed by atoms with E-state index < -0.39 is 5.13 Å². The fourth-order valence-corrected chi connectivity index (χ4v) is 2.97. The summed E-state index contributed by atoms with van der Waals surface area (Å²) < 4.78 is 13.5. The lowest BCUT2D eigenvalue weighted by molar-refractivity contribution is 0.104. The molecule has 3 nitrogen and oxygen atoms in total. The zero-order chi connectivity index (χ0) is 13.4. The molecule has 0 bridgehead atoms. The number of carbonyl (C=O) groups excluding carboxylic acids is 1. The number of nitrogens with zero attached hydrogens (tertiary/aromatic N) is 2. The molecule has 0 unspecified atom stereocenters. The van der Waals surface area contributed by atoms with Crippen molar-refractivity contribution in [2.45, 2.75) is 13.8 Å². The molecule has 0 N–H and O–H groups in total. The topological polar surface area (TPSA) is 45.2 Å². The summed E-state index contributed by atoms with van der Waals surface area (Å²) in [4.78, 5) is 15.5. The Hall–Kier alpha value is -2.24. The van der Waals surface area contributed by atoms with Gasteiger partial charge in [-0.3, -0.25) is 4.79 Å². The van der Waals surface area contributed by atoms with Crippen molar-refractivity contribution in [3.63, 3.8) is 0 Å². The first-order valence-corrected chi connectivity index (χ1v) is 5.90. The maximum atomic E-state index is 13.5. The zero-order valence-corrected chi connectivity index (χ0v) is 10.5. The third-order valence-corrected chi connectivity index (χ3v) is 3.88. The average Bonchev–Trinajstić information content (AvgIpc) is 2.79. The third kappa shape index (κ3) is 1.42. The highest BCUT2D eigenvalue weighted by atomic mass is 32.1. The Morgan fingerprint density at radius 1 is 1.61 bits per heavy atom. The largest absolute Gasteiger partial charge is 0.288 e. The SMILES string of the molecule is [C-]#[N+]C(C#N)=C1/C(=C/C)C(=O)c2sc(F)c(C)c21. The van der Waals surface area contributed by atoms with Crippen molar-refractivity contribution in [2.75, 3.05) is 0 Å². The van der Waals surface area contributed by atoms with Gasteiger partial charge in [-0.25, -0.2) is 10.1 Å². The van der Waals surface area contributed by atoms with E-state index in [2.05, 4.69) is 4.85 Å². The number of nitriles is 1. The van der Waals surface area contributed by atoms with E-state index in [1.54, 1.807) is 26.0 Å². The molecule has 1 aliphatic rings. The van der Waals surface area contributed by atoms with Crippen LogP contribution >= 0.6 is 11.3 Å². The average molecular weight is 258 g/mol. The molecule has 1 aromatic heterocycles. The number of rotatable bonds is 0. The summed E-state index contributed by atoms with van der Waals surface area (Å²) in [6, 6.07) is 1.77. The second-order valence-corrected chi connectivity index (χ2v) is 4.65. The Balaban J connectivity index is 2.92. The van der Waals surface area contributed by atoms with Crippen LogP contribution in [-0.2, 0) is 0 Å². The van der Waals surface area contributed by atoms with Gasteiger partial charge in [0.25, 0.3) is 5.70 Å². The van der Waals surface area contributed by atoms with Crippen LogP contribution < -0.4 is 0 Å². The molecule has 18 heavy (non-hydrogen) atoms. The number of thiophene rings is 1. The molecule has 0 spiro atoms. The van der Waals surface area contributed by atoms with Crippen molar-refractivity contribution < 1.29 is 9.18 Å². The molecule has 0 aliphatic heterocycles. The fourth-order valence-electron chi connectivity index (χ4n) is 1.98. The molecule has 0 fully saturated rings. The van der Waals surface area contributed by atoms with E-state index in [0.717, 1.165) is 11.3 Å². The Kier molecular flexibility index (Phi) is 2.86. The summed E-state index contributed by atoms with van der Waals surface area (Å²) >= 11 is 0.769. The second-order valence-electron chi connectivity index (χ2n) is 3.68. The fraction of sp³-hybridized carbons (Fsp3) is 0.154. The van der Waals surface area contributed by atoms with Gasteiger partial charge < -0.3 is 0 Å². The molecular weight excluding hydrogens is 251 g/mol. The highest BCUT2D eigenvalue weighted by Gasteiger charge is 2.36. The van der Waals surface area contributed by atoms with Crippen molar-refractivity contribution in [2.24, 2.45) is 0 Å². The van der Waals surface area contributed by atoms with Gasteiger partial charge in [0.1, 0.15) is 0 Å². The number of allylic oxidation sites excluding steroid dienone is 4. The van der Waals surface area contributed by atoms with E-state index in [1.807, 2.05) is 0 Å². The number of Topliss-reactive ketones (excluding diaryl/α,β-unsaturated/α-hetero) is 1. The maximum Gasteiger partial charge on any atom is 0.270 e. The predicted octanol–water partition coefficient (Wildman–Crippen LogP) is 3.49. The first-order chi connectivity index (χ1) is 8.56. The molecule has 0 saturated heterocycles. The van der Waals surface area contributed by atoms with Crippen molar-refractivity contribution in [3.8, 4) is 6.07 Å². The quantitative estimate of drug-likeness (QED) is 0.406. The van der Waals surface area contributed by atoms with E-state index in [9.17, 15) is 9.18 Å². The van der Waals surface area contributed by atoms with E-state index in [-0.39, 0.29) is 21.9 Å². The van der Waals surface area contributed by atoms with Crippen LogP contribution in [0, 0.1) is 30.0 Å². The summed E-state index contributed by atoms with van der Waals surface area (Å²) in [5, 5.41) is 8.52. The normalized spacial score (nSPS) is 18.5. The van der Waals surface area contributed by atoms with Gasteiger partial charge in [-0.2, -0.15) is 4.39 Å². The maximum absolute atomic E-state index is 13.5. The van der Waals surface area contributed by atoms with Gasteiger partial charge in [-0.1, -0.05) is 6.08 Å². The lowest BCUT2D eigenvalue weighted by Gasteiger charge is -2.02. The molecule has 88 valence electrons. The van der Waals surface area contributed by atoms with E-state index in [1.165, 1.54) is 0 Å². The molecule has 0 radical (unpaired) electrons. The molecule has 0 saturated carbocycles. The molecule has 0 atom stereocenters. The van der Waals surface area contributed by atoms with Gasteiger partial charge >= 0.3 is 0 Å². The summed E-state index contributed by atoms with van der Waals surface area (Å²) in [6.45, 7) is 10.2. The molecular formula is C13H7FN2OS. The lowest BCUT2D eigenvalue weighted by Crippen LogP contribution is -1.94. The minimum Gasteiger partial charge on any atom is -0.288 e. The van der Waals surface area contributed by atoms with E-state index >= 15 is 0 Å². The van der Waals surface area contributed by atoms with Gasteiger partial charge in [-0.15, -0.1) is 11.3 Å². The summed E-state index contributed by atoms with van der Waals surface area (Å²) in [7, 11) is 0. The highest BCUT2D eigenvalue weighted by molar-refractivity contribution is 7.13. The van der Waals surface area contributed by atoms with Crippen LogP contribution in [0.15, 0.2) is 17.3 Å². The molecule has 1 aliphatic carbocycles. The van der Waals surface area contributed by atoms with Gasteiger partial charge in [0.2, 0.25) is 5.78 Å². The number of fused-ring (bicyclic) bond motifs is 1. The van der Waals surface area contributed by atoms with Crippen LogP contribution in [0.5, 0.6) is 0 Å². The number of hydrogen-bond donors (Lipinski definition) is 0. The van der Waals surface area contributed by atoms with Crippen LogP contribution in [0.3, 0.4) is 0 Å². The first-order valence-electron chi connectivity index (χ1n) is 5.09. The number of ketones is 1. The van der Waals surface area contributed by atoms with Crippen LogP contribution in [0.25, 0.3) is 10.4 Å². The summed E-state index contributed by atoms with van der Waals surface area (Å²) in [6.07, 6.45) is 1.56. The third-order valence-electron chi connectivity index (χ3n) is 2.80. The smallest absolute Gasteiger partial charge is 0.270 e. The van der Waals surface area contributed by atoms with Gasteiger partial charge in [0.15, 0.2) is 5.13 Å². The van der Waals surface area contributed by atoms with Gasteiger partial charge in [-0.05, 0) is 13.8 Å². The standard InChI is InChI=1S/C13H7FN2OS/c1-4-7-10(8(5-15)16-3)9-6(2)13(14)18-12(9)11(7)17/h4H,1-2H3/b7-4-,10-8?. The number of hydrogen-bond acceptors (Lipinski definition) is 3. The van der Waals surface area contributed by atoms with Gasteiger partial charge in [0, 0.05) is 22.3 Å². The minimum atomic E-state index is -0.441. The van der Waals surface area contributed by atoms with Crippen molar-refractivity contribution in [1.29, 1.82) is 5.26 Å². The molecule has 1 heterocycles. The molecule has 0 aromatic carbocycles. The second kappa shape index (κ2) is 4.21. The van der Waals surface area contributed by atoms with Crippen molar-refractivity contribution >= 4 is 22.7 Å². The van der Waals surface area contributed by atoms with Crippen LogP contribution in [-0.4, -0.2) is 5.78 Å². The summed E-state index contributed by atoms with van der Waals surface area (Å²) in [5.74, 6) is -0.309. The van der Waals surface area contributed by atoms with Crippen molar-refractivity contribution in [1.82, 2.24) is 0 Å². The molecule has 5 heteroatoms. The Morgan fingerprint density at radius 2 is 2.28 bits per heavy atom. The highest BCUT2D eigenvalue weighted by Crippen LogP contribution is 2.45. The number of carbonyl (C=O) groups is 1. The monoisotopic (exact) mass is 258 g/mol. The lowest BCUT2D eigenvalue weighted by atomic mass is 10.0. The molecule has 0 amide bonds. The van der Waals surface area contributed by atoms with Gasteiger partial charge in [0.05, 0.1) is 17.5 Å².